The summed E-state index contributed by atoms with van der Waals surface area (Å²) in [6.45, 7) is 12.3. The van der Waals surface area contributed by atoms with Gasteiger partial charge in [0.15, 0.2) is 5.72 Å². The molecule has 13 nitrogen and oxygen atoms in total. The molecule has 14 heteroatoms. The van der Waals surface area contributed by atoms with Crippen molar-refractivity contribution in [3.8, 4) is 5.75 Å². The minimum atomic E-state index is -1.81. The SMILES string of the molecule is CC.COc1cc2cc(c1Cl)N(C)C(=O)CC(OC(=O)C(C)N(C)C(C)=O)C1(C)OC1C(C)C1CC(O)(NC(=O)O1)C(OC)/C=C/C=C(\C)C2. The fourth-order valence-electron chi connectivity index (χ4n) is 6.27. The van der Waals surface area contributed by atoms with Gasteiger partial charge < -0.3 is 38.6 Å². The molecule has 1 aromatic rings. The van der Waals surface area contributed by atoms with Crippen LogP contribution in [-0.2, 0) is 39.8 Å². The number of fused-ring (bicyclic) bond motifs is 5. The van der Waals surface area contributed by atoms with Crippen LogP contribution in [0.4, 0.5) is 10.5 Å². The van der Waals surface area contributed by atoms with E-state index in [-0.39, 0.29) is 23.8 Å². The highest BCUT2D eigenvalue weighted by Gasteiger charge is 2.64. The quantitative estimate of drug-likeness (QED) is 0.327. The van der Waals surface area contributed by atoms with E-state index in [2.05, 4.69) is 5.32 Å². The highest BCUT2D eigenvalue weighted by Crippen LogP contribution is 2.49. The fraction of sp³-hybridized carbons (Fsp3) is 0.611. The number of nitrogens with zero attached hydrogens (tertiary/aromatic N) is 2. The second kappa shape index (κ2) is 16.6. The predicted octanol–water partition coefficient (Wildman–Crippen LogP) is 4.56. The minimum Gasteiger partial charge on any atom is -0.495 e. The highest BCUT2D eigenvalue weighted by molar-refractivity contribution is 6.35. The van der Waals surface area contributed by atoms with Crippen molar-refractivity contribution in [2.24, 2.45) is 5.92 Å². The summed E-state index contributed by atoms with van der Waals surface area (Å²) in [4.78, 5) is 54.7. The van der Waals surface area contributed by atoms with Gasteiger partial charge in [0.1, 0.15) is 40.7 Å². The van der Waals surface area contributed by atoms with Crippen molar-refractivity contribution in [3.63, 3.8) is 0 Å². The maximum absolute atomic E-state index is 14.0. The molecule has 3 aliphatic heterocycles. The molecule has 8 unspecified atom stereocenters. The second-order valence-electron chi connectivity index (χ2n) is 13.0. The van der Waals surface area contributed by atoms with Gasteiger partial charge in [-0.3, -0.25) is 14.9 Å². The number of anilines is 1. The third kappa shape index (κ3) is 8.79. The van der Waals surface area contributed by atoms with Gasteiger partial charge in [-0.15, -0.1) is 0 Å². The number of rotatable bonds is 5. The van der Waals surface area contributed by atoms with Crippen LogP contribution in [0.5, 0.6) is 5.75 Å². The zero-order chi connectivity index (χ0) is 37.7. The van der Waals surface area contributed by atoms with E-state index in [9.17, 15) is 24.3 Å². The van der Waals surface area contributed by atoms with E-state index in [1.54, 1.807) is 45.2 Å². The number of hydrogen-bond donors (Lipinski definition) is 2. The maximum Gasteiger partial charge on any atom is 0.409 e. The van der Waals surface area contributed by atoms with E-state index in [0.717, 1.165) is 11.1 Å². The Balaban J connectivity index is 0.00000332. The first-order valence-corrected chi connectivity index (χ1v) is 17.2. The van der Waals surface area contributed by atoms with Gasteiger partial charge in [-0.25, -0.2) is 9.59 Å². The van der Waals surface area contributed by atoms with E-state index in [4.69, 9.17) is 35.3 Å². The van der Waals surface area contributed by atoms with Crippen molar-refractivity contribution in [1.29, 1.82) is 0 Å². The Bertz CT molecular complexity index is 1500. The third-order valence-corrected chi connectivity index (χ3v) is 10.0. The lowest BCUT2D eigenvalue weighted by Gasteiger charge is -2.42. The molecule has 50 heavy (non-hydrogen) atoms. The number of allylic oxidation sites excluding steroid dienone is 3. The number of epoxide rings is 1. The number of carbonyl (C=O) groups excluding carboxylic acids is 4. The minimum absolute atomic E-state index is 0.0436. The van der Waals surface area contributed by atoms with Gasteiger partial charge in [-0.1, -0.05) is 56.2 Å². The number of hydrogen-bond acceptors (Lipinski definition) is 10. The van der Waals surface area contributed by atoms with Gasteiger partial charge in [-0.2, -0.15) is 0 Å². The molecule has 1 aromatic carbocycles. The molecular formula is C36H52ClN3O10. The topological polar surface area (TPSA) is 156 Å². The zero-order valence-corrected chi connectivity index (χ0v) is 31.6. The summed E-state index contributed by atoms with van der Waals surface area (Å²) >= 11 is 6.71. The summed E-state index contributed by atoms with van der Waals surface area (Å²) in [7, 11) is 5.97. The molecule has 2 fully saturated rings. The Kier molecular flexibility index (Phi) is 13.5. The number of esters is 1. The Morgan fingerprint density at radius 1 is 1.22 bits per heavy atom. The Morgan fingerprint density at radius 3 is 2.48 bits per heavy atom. The van der Waals surface area contributed by atoms with E-state index < -0.39 is 65.7 Å². The van der Waals surface area contributed by atoms with Crippen LogP contribution in [0.25, 0.3) is 0 Å². The van der Waals surface area contributed by atoms with Crippen LogP contribution < -0.4 is 15.0 Å². The van der Waals surface area contributed by atoms with Gasteiger partial charge in [0, 0.05) is 40.5 Å². The normalized spacial score (nSPS) is 32.0. The molecule has 2 saturated heterocycles. The molecule has 0 spiro atoms. The Hall–Kier alpha value is -3.65. The first-order chi connectivity index (χ1) is 23.4. The number of carbonyl (C=O) groups is 4. The molecule has 0 aromatic heterocycles. The van der Waals surface area contributed by atoms with Gasteiger partial charge in [0.2, 0.25) is 11.8 Å². The molecule has 3 aliphatic rings. The molecule has 278 valence electrons. The summed E-state index contributed by atoms with van der Waals surface area (Å²) in [6, 6.07) is 2.63. The van der Waals surface area contributed by atoms with Crippen LogP contribution in [0, 0.1) is 5.92 Å². The monoisotopic (exact) mass is 721 g/mol. The molecule has 0 aliphatic carbocycles. The van der Waals surface area contributed by atoms with Crippen LogP contribution in [0.15, 0.2) is 35.9 Å². The lowest BCUT2D eigenvalue weighted by molar-refractivity contribution is -0.161. The van der Waals surface area contributed by atoms with E-state index in [0.29, 0.717) is 17.9 Å². The first-order valence-electron chi connectivity index (χ1n) is 16.8. The average Bonchev–Trinajstić information content (AvgIpc) is 3.77. The van der Waals surface area contributed by atoms with Crippen molar-refractivity contribution >= 4 is 41.2 Å². The summed E-state index contributed by atoms with van der Waals surface area (Å²) < 4.78 is 28.9. The number of halogens is 1. The molecular weight excluding hydrogens is 670 g/mol. The lowest BCUT2D eigenvalue weighted by atomic mass is 9.83. The fourth-order valence-corrected chi connectivity index (χ4v) is 6.59. The number of aliphatic hydroxyl groups is 1. The maximum atomic E-state index is 14.0. The number of likely N-dealkylation sites (N-methyl/N-ethyl adjacent to an activating group) is 1. The lowest BCUT2D eigenvalue weighted by Crippen LogP contribution is -2.63. The molecule has 3 heterocycles. The summed E-state index contributed by atoms with van der Waals surface area (Å²) in [5, 5.41) is 14.4. The van der Waals surface area contributed by atoms with Crippen molar-refractivity contribution in [3.05, 3.63) is 46.5 Å². The standard InChI is InChI=1S/C34H46ClN3O10.C2H6/c1-18-11-10-12-26(45-9)34(43)17-25(46-32(42)36-34)19(2)30-33(5,48-30)27(47-31(41)20(3)37(6)21(4)39)16-28(40)38(7)23-14-22(13-18)15-24(44-8)29(23)35;1-2/h10-12,14-15,19-20,25-27,30,43H,13,16-17H2,1-9H3,(H,36,42);1-2H3/b12-10+,18-11+;. The zero-order valence-electron chi connectivity index (χ0n) is 30.9. The predicted molar refractivity (Wildman–Crippen MR) is 188 cm³/mol. The molecule has 3 amide bonds. The molecule has 8 atom stereocenters. The number of amides is 3. The highest BCUT2D eigenvalue weighted by atomic mass is 35.5. The van der Waals surface area contributed by atoms with Crippen molar-refractivity contribution in [2.45, 2.75) is 110 Å². The van der Waals surface area contributed by atoms with Gasteiger partial charge in [0.25, 0.3) is 0 Å². The van der Waals surface area contributed by atoms with Crippen molar-refractivity contribution < 1.29 is 48.0 Å². The van der Waals surface area contributed by atoms with E-state index in [1.165, 1.54) is 44.9 Å². The summed E-state index contributed by atoms with van der Waals surface area (Å²) in [5.74, 6) is -1.63. The first kappa shape index (κ1) is 40.8. The second-order valence-corrected chi connectivity index (χ2v) is 13.4. The molecule has 4 bridgehead atoms. The van der Waals surface area contributed by atoms with E-state index in [1.807, 2.05) is 26.8 Å². The van der Waals surface area contributed by atoms with Crippen molar-refractivity contribution in [1.82, 2.24) is 10.2 Å². The van der Waals surface area contributed by atoms with Crippen LogP contribution in [0.2, 0.25) is 5.02 Å². The van der Waals surface area contributed by atoms with Crippen LogP contribution >= 0.6 is 11.6 Å². The summed E-state index contributed by atoms with van der Waals surface area (Å²) in [6.07, 6.45) is 1.02. The third-order valence-electron chi connectivity index (χ3n) is 9.63. The number of ether oxygens (including phenoxy) is 5. The Morgan fingerprint density at radius 2 is 1.88 bits per heavy atom. The number of benzene rings is 1. The van der Waals surface area contributed by atoms with Crippen LogP contribution in [0.3, 0.4) is 0 Å². The van der Waals surface area contributed by atoms with Crippen LogP contribution in [-0.4, -0.2) is 104 Å². The molecule has 0 radical (unpaired) electrons. The number of nitrogens with one attached hydrogen (secondary N) is 1. The van der Waals surface area contributed by atoms with Gasteiger partial charge in [0.05, 0.1) is 25.3 Å². The Labute approximate surface area is 299 Å². The molecule has 4 rings (SSSR count). The van der Waals surface area contributed by atoms with Crippen molar-refractivity contribution in [2.75, 3.05) is 33.2 Å². The molecule has 2 N–H and O–H groups in total. The average molecular weight is 722 g/mol. The van der Waals surface area contributed by atoms with Crippen LogP contribution in [0.1, 0.15) is 66.9 Å². The van der Waals surface area contributed by atoms with Gasteiger partial charge in [-0.05, 0) is 44.9 Å². The largest absolute Gasteiger partial charge is 0.495 e. The smallest absolute Gasteiger partial charge is 0.409 e. The number of methoxy groups -OCH3 is 2. The summed E-state index contributed by atoms with van der Waals surface area (Å²) in [5.41, 5.74) is -0.871. The van der Waals surface area contributed by atoms with E-state index >= 15 is 0 Å². The van der Waals surface area contributed by atoms with Gasteiger partial charge >= 0.3 is 12.1 Å². The molecule has 0 saturated carbocycles. The number of alkyl carbamates (subject to hydrolysis) is 1.